The van der Waals surface area contributed by atoms with Crippen LogP contribution in [0.25, 0.3) is 0 Å². The van der Waals surface area contributed by atoms with Crippen molar-refractivity contribution in [2.45, 2.75) is 6.10 Å². The van der Waals surface area contributed by atoms with Crippen molar-refractivity contribution in [1.29, 1.82) is 0 Å². The van der Waals surface area contributed by atoms with E-state index in [-0.39, 0.29) is 0 Å². The van der Waals surface area contributed by atoms with Crippen LogP contribution in [-0.4, -0.2) is 30.3 Å². The number of ether oxygens (including phenoxy) is 1. The van der Waals surface area contributed by atoms with Crippen LogP contribution >= 0.6 is 0 Å². The van der Waals surface area contributed by atoms with Gasteiger partial charge < -0.3 is 15.2 Å². The molecule has 0 amide bonds. The van der Waals surface area contributed by atoms with Gasteiger partial charge in [-0.25, -0.2) is 4.79 Å². The number of nitrogens with one attached hydrogen (secondary N) is 1. The SMILES string of the molecule is O=C(O)c1cccc(NC[C@H]2CO2)c1. The highest BCUT2D eigenvalue weighted by Crippen LogP contribution is 2.13. The van der Waals surface area contributed by atoms with Gasteiger partial charge in [0.05, 0.1) is 18.3 Å². The molecule has 1 atom stereocenters. The first-order chi connectivity index (χ1) is 6.75. The lowest BCUT2D eigenvalue weighted by molar-refractivity contribution is 0.0697. The first-order valence-electron chi connectivity index (χ1n) is 4.44. The van der Waals surface area contributed by atoms with Crippen molar-refractivity contribution in [1.82, 2.24) is 0 Å². The van der Waals surface area contributed by atoms with Gasteiger partial charge in [0, 0.05) is 12.2 Å². The monoisotopic (exact) mass is 193 g/mol. The Morgan fingerprint density at radius 1 is 1.64 bits per heavy atom. The van der Waals surface area contributed by atoms with Gasteiger partial charge in [-0.15, -0.1) is 0 Å². The fraction of sp³-hybridized carbons (Fsp3) is 0.300. The predicted octanol–water partition coefficient (Wildman–Crippen LogP) is 1.20. The van der Waals surface area contributed by atoms with E-state index in [4.69, 9.17) is 9.84 Å². The summed E-state index contributed by atoms with van der Waals surface area (Å²) in [4.78, 5) is 10.7. The van der Waals surface area contributed by atoms with E-state index >= 15 is 0 Å². The third kappa shape index (κ3) is 2.23. The number of carboxylic acids is 1. The molecular weight excluding hydrogens is 182 g/mol. The second-order valence-electron chi connectivity index (χ2n) is 3.22. The molecule has 4 heteroatoms. The zero-order chi connectivity index (χ0) is 9.97. The van der Waals surface area contributed by atoms with Crippen LogP contribution in [0.2, 0.25) is 0 Å². The zero-order valence-electron chi connectivity index (χ0n) is 7.56. The van der Waals surface area contributed by atoms with E-state index in [0.717, 1.165) is 18.8 Å². The summed E-state index contributed by atoms with van der Waals surface area (Å²) in [6, 6.07) is 6.75. The Bertz CT molecular complexity index is 347. The number of hydrogen-bond acceptors (Lipinski definition) is 3. The summed E-state index contributed by atoms with van der Waals surface area (Å²) in [5.74, 6) is -0.906. The van der Waals surface area contributed by atoms with Crippen molar-refractivity contribution in [2.75, 3.05) is 18.5 Å². The van der Waals surface area contributed by atoms with Gasteiger partial charge >= 0.3 is 5.97 Å². The van der Waals surface area contributed by atoms with Crippen molar-refractivity contribution >= 4 is 11.7 Å². The number of carboxylic acid groups (broad SMARTS) is 1. The molecule has 0 saturated carbocycles. The van der Waals surface area contributed by atoms with E-state index in [2.05, 4.69) is 5.32 Å². The first kappa shape index (κ1) is 9.02. The quantitative estimate of drug-likeness (QED) is 0.705. The maximum Gasteiger partial charge on any atom is 0.335 e. The molecule has 2 rings (SSSR count). The summed E-state index contributed by atoms with van der Waals surface area (Å²) in [5.41, 5.74) is 1.12. The normalized spacial score (nSPS) is 19.0. The second-order valence-corrected chi connectivity index (χ2v) is 3.22. The molecular formula is C10H11NO3. The second kappa shape index (κ2) is 3.67. The third-order valence-corrected chi connectivity index (χ3v) is 2.05. The highest BCUT2D eigenvalue weighted by molar-refractivity contribution is 5.88. The molecule has 1 fully saturated rings. The number of carbonyl (C=O) groups is 1. The molecule has 1 aromatic rings. The maximum atomic E-state index is 10.7. The Labute approximate surface area is 81.5 Å². The first-order valence-corrected chi connectivity index (χ1v) is 4.44. The summed E-state index contributed by atoms with van der Waals surface area (Å²) >= 11 is 0. The molecule has 1 saturated heterocycles. The number of rotatable bonds is 4. The summed E-state index contributed by atoms with van der Waals surface area (Å²) in [7, 11) is 0. The van der Waals surface area contributed by atoms with Crippen LogP contribution in [0.15, 0.2) is 24.3 Å². The van der Waals surface area contributed by atoms with Crippen LogP contribution in [0, 0.1) is 0 Å². The molecule has 0 radical (unpaired) electrons. The van der Waals surface area contributed by atoms with Gasteiger partial charge in [0.2, 0.25) is 0 Å². The minimum Gasteiger partial charge on any atom is -0.478 e. The van der Waals surface area contributed by atoms with Gasteiger partial charge in [-0.3, -0.25) is 0 Å². The lowest BCUT2D eigenvalue weighted by Crippen LogP contribution is -2.08. The molecule has 1 aromatic carbocycles. The highest BCUT2D eigenvalue weighted by atomic mass is 16.6. The lowest BCUT2D eigenvalue weighted by Gasteiger charge is -2.04. The molecule has 14 heavy (non-hydrogen) atoms. The molecule has 1 aliphatic heterocycles. The van der Waals surface area contributed by atoms with Crippen LogP contribution < -0.4 is 5.32 Å². The molecule has 0 aromatic heterocycles. The van der Waals surface area contributed by atoms with Crippen molar-refractivity contribution < 1.29 is 14.6 Å². The molecule has 4 nitrogen and oxygen atoms in total. The molecule has 0 unspecified atom stereocenters. The van der Waals surface area contributed by atoms with Gasteiger partial charge in [-0.1, -0.05) is 6.07 Å². The maximum absolute atomic E-state index is 10.7. The van der Waals surface area contributed by atoms with Crippen LogP contribution in [0.3, 0.4) is 0 Å². The standard InChI is InChI=1S/C10H11NO3/c12-10(13)7-2-1-3-8(4-7)11-5-9-6-14-9/h1-4,9,11H,5-6H2,(H,12,13)/t9-/m0/s1. The number of aromatic carboxylic acids is 1. The van der Waals surface area contributed by atoms with Crippen LogP contribution in [0.1, 0.15) is 10.4 Å². The number of epoxide rings is 1. The highest BCUT2D eigenvalue weighted by Gasteiger charge is 2.21. The van der Waals surface area contributed by atoms with E-state index < -0.39 is 5.97 Å². The number of anilines is 1. The summed E-state index contributed by atoms with van der Waals surface area (Å²) in [6.45, 7) is 1.54. The van der Waals surface area contributed by atoms with E-state index in [0.29, 0.717) is 11.7 Å². The van der Waals surface area contributed by atoms with E-state index in [1.54, 1.807) is 18.2 Å². The molecule has 74 valence electrons. The fourth-order valence-electron chi connectivity index (χ4n) is 1.18. The lowest BCUT2D eigenvalue weighted by atomic mass is 10.2. The van der Waals surface area contributed by atoms with Crippen molar-refractivity contribution in [2.24, 2.45) is 0 Å². The van der Waals surface area contributed by atoms with Crippen molar-refractivity contribution in [3.8, 4) is 0 Å². The zero-order valence-corrected chi connectivity index (χ0v) is 7.56. The Hall–Kier alpha value is -1.55. The van der Waals surface area contributed by atoms with Crippen molar-refractivity contribution in [3.63, 3.8) is 0 Å². The molecule has 0 spiro atoms. The third-order valence-electron chi connectivity index (χ3n) is 2.05. The van der Waals surface area contributed by atoms with Crippen LogP contribution in [-0.2, 0) is 4.74 Å². The van der Waals surface area contributed by atoms with Gasteiger partial charge in [0.1, 0.15) is 0 Å². The molecule has 2 N–H and O–H groups in total. The molecule has 0 bridgehead atoms. The van der Waals surface area contributed by atoms with Crippen LogP contribution in [0.4, 0.5) is 5.69 Å². The fourth-order valence-corrected chi connectivity index (χ4v) is 1.18. The van der Waals surface area contributed by atoms with E-state index in [1.807, 2.05) is 6.07 Å². The molecule has 1 aliphatic rings. The average Bonchev–Trinajstić information content (AvgIpc) is 2.99. The molecule has 0 aliphatic carbocycles. The predicted molar refractivity (Wildman–Crippen MR) is 51.6 cm³/mol. The Balaban J connectivity index is 2.01. The van der Waals surface area contributed by atoms with Crippen molar-refractivity contribution in [3.05, 3.63) is 29.8 Å². The minimum absolute atomic E-state index is 0.295. The number of benzene rings is 1. The smallest absolute Gasteiger partial charge is 0.335 e. The summed E-state index contributed by atoms with van der Waals surface area (Å²) in [5, 5.41) is 11.9. The van der Waals surface area contributed by atoms with E-state index in [1.165, 1.54) is 0 Å². The van der Waals surface area contributed by atoms with Gasteiger partial charge in [-0.05, 0) is 18.2 Å². The van der Waals surface area contributed by atoms with Gasteiger partial charge in [0.15, 0.2) is 0 Å². The Morgan fingerprint density at radius 2 is 2.43 bits per heavy atom. The minimum atomic E-state index is -0.906. The Kier molecular flexibility index (Phi) is 2.37. The average molecular weight is 193 g/mol. The van der Waals surface area contributed by atoms with Crippen LogP contribution in [0.5, 0.6) is 0 Å². The largest absolute Gasteiger partial charge is 0.478 e. The topological polar surface area (TPSA) is 61.9 Å². The summed E-state index contributed by atoms with van der Waals surface area (Å²) in [6.07, 6.45) is 0.295. The number of hydrogen-bond donors (Lipinski definition) is 2. The van der Waals surface area contributed by atoms with E-state index in [9.17, 15) is 4.79 Å². The molecule has 1 heterocycles. The summed E-state index contributed by atoms with van der Waals surface area (Å²) < 4.78 is 5.03. The van der Waals surface area contributed by atoms with Gasteiger partial charge in [-0.2, -0.15) is 0 Å². The van der Waals surface area contributed by atoms with Gasteiger partial charge in [0.25, 0.3) is 0 Å². The Morgan fingerprint density at radius 3 is 3.07 bits per heavy atom.